The molecule has 2 aliphatic rings. The Bertz CT molecular complexity index is 650. The molecule has 23 heavy (non-hydrogen) atoms. The van der Waals surface area contributed by atoms with Gasteiger partial charge in [-0.05, 0) is 49.5 Å². The number of hydrogen-bond acceptors (Lipinski definition) is 2. The molecule has 0 spiro atoms. The first kappa shape index (κ1) is 16.3. The van der Waals surface area contributed by atoms with E-state index in [0.717, 1.165) is 37.7 Å². The summed E-state index contributed by atoms with van der Waals surface area (Å²) in [6.07, 6.45) is 6.97. The van der Waals surface area contributed by atoms with Crippen molar-refractivity contribution in [3.05, 3.63) is 46.8 Å². The topological polar surface area (TPSA) is 35.2 Å². The lowest BCUT2D eigenvalue weighted by atomic mass is 9.76. The van der Waals surface area contributed by atoms with Crippen LogP contribution in [0, 0.1) is 5.82 Å². The highest BCUT2D eigenvalue weighted by Crippen LogP contribution is 2.43. The summed E-state index contributed by atoms with van der Waals surface area (Å²) < 4.78 is 34.3. The molecular formula is C18H20ClF2NO. The van der Waals surface area contributed by atoms with Gasteiger partial charge in [-0.15, -0.1) is 0 Å². The average Bonchev–Trinajstić information content (AvgIpc) is 2.54. The van der Waals surface area contributed by atoms with Crippen LogP contribution in [0.5, 0.6) is 5.75 Å². The van der Waals surface area contributed by atoms with Gasteiger partial charge in [0.25, 0.3) is 0 Å². The van der Waals surface area contributed by atoms with Crippen molar-refractivity contribution in [3.63, 3.8) is 0 Å². The van der Waals surface area contributed by atoms with Gasteiger partial charge in [0.15, 0.2) is 11.6 Å². The molecular weight excluding hydrogens is 320 g/mol. The second-order valence-corrected chi connectivity index (χ2v) is 6.70. The lowest BCUT2D eigenvalue weighted by Gasteiger charge is -2.41. The highest BCUT2D eigenvalue weighted by atomic mass is 35.5. The first-order valence-electron chi connectivity index (χ1n) is 7.95. The molecule has 0 amide bonds. The Morgan fingerprint density at radius 3 is 2.57 bits per heavy atom. The minimum atomic E-state index is -1.21. The van der Waals surface area contributed by atoms with Crippen molar-refractivity contribution < 1.29 is 13.5 Å². The van der Waals surface area contributed by atoms with Crippen LogP contribution in [0.25, 0.3) is 0 Å². The zero-order valence-electron chi connectivity index (χ0n) is 12.8. The van der Waals surface area contributed by atoms with Crippen molar-refractivity contribution in [3.8, 4) is 5.75 Å². The van der Waals surface area contributed by atoms with Crippen LogP contribution in [0.1, 0.15) is 38.5 Å². The van der Waals surface area contributed by atoms with Crippen LogP contribution >= 0.6 is 11.6 Å². The minimum Gasteiger partial charge on any atom is -0.480 e. The number of allylic oxidation sites excluding steroid dienone is 3. The summed E-state index contributed by atoms with van der Waals surface area (Å²) in [6.45, 7) is 0. The van der Waals surface area contributed by atoms with Gasteiger partial charge in [-0.1, -0.05) is 24.1 Å². The van der Waals surface area contributed by atoms with Gasteiger partial charge in [-0.25, -0.2) is 8.78 Å². The standard InChI is InChI=1S/C18H20ClF2NO/c19-14-6-4-12(10-15(14)20)18(8-2-1-3-9-18)23-17-7-5-13(22)11-16(17)21/h4-7,11,15H,1-3,8-10,22H2. The van der Waals surface area contributed by atoms with Gasteiger partial charge >= 0.3 is 0 Å². The molecule has 1 fully saturated rings. The zero-order valence-corrected chi connectivity index (χ0v) is 13.6. The number of hydrogen-bond donors (Lipinski definition) is 1. The molecule has 2 nitrogen and oxygen atoms in total. The molecule has 1 aromatic carbocycles. The maximum absolute atomic E-state index is 14.1. The summed E-state index contributed by atoms with van der Waals surface area (Å²) >= 11 is 5.85. The predicted octanol–water partition coefficient (Wildman–Crippen LogP) is 5.28. The summed E-state index contributed by atoms with van der Waals surface area (Å²) in [5.41, 5.74) is 6.13. The average molecular weight is 340 g/mol. The van der Waals surface area contributed by atoms with E-state index in [-0.39, 0.29) is 17.2 Å². The van der Waals surface area contributed by atoms with Crippen LogP contribution in [-0.2, 0) is 0 Å². The lowest BCUT2D eigenvalue weighted by molar-refractivity contribution is 0.0554. The fourth-order valence-electron chi connectivity index (χ4n) is 3.40. The van der Waals surface area contributed by atoms with Crippen LogP contribution in [0.15, 0.2) is 41.0 Å². The molecule has 1 aromatic rings. The molecule has 0 radical (unpaired) electrons. The monoisotopic (exact) mass is 339 g/mol. The van der Waals surface area contributed by atoms with Crippen LogP contribution in [0.4, 0.5) is 14.5 Å². The Morgan fingerprint density at radius 2 is 1.91 bits per heavy atom. The Balaban J connectivity index is 1.94. The molecule has 124 valence electrons. The van der Waals surface area contributed by atoms with Crippen LogP contribution in [-0.4, -0.2) is 11.8 Å². The van der Waals surface area contributed by atoms with Crippen molar-refractivity contribution in [2.75, 3.05) is 5.73 Å². The van der Waals surface area contributed by atoms with Crippen molar-refractivity contribution in [2.45, 2.75) is 50.3 Å². The van der Waals surface area contributed by atoms with E-state index in [4.69, 9.17) is 22.1 Å². The van der Waals surface area contributed by atoms with Crippen LogP contribution < -0.4 is 10.5 Å². The van der Waals surface area contributed by atoms with Gasteiger partial charge in [0.05, 0.1) is 5.03 Å². The number of benzene rings is 1. The Morgan fingerprint density at radius 1 is 1.17 bits per heavy atom. The molecule has 5 heteroatoms. The highest BCUT2D eigenvalue weighted by molar-refractivity contribution is 6.30. The lowest BCUT2D eigenvalue weighted by Crippen LogP contribution is -2.42. The van der Waals surface area contributed by atoms with E-state index in [0.29, 0.717) is 5.69 Å². The molecule has 1 unspecified atom stereocenters. The van der Waals surface area contributed by atoms with Gasteiger partial charge in [-0.3, -0.25) is 0 Å². The molecule has 0 aliphatic heterocycles. The van der Waals surface area contributed by atoms with E-state index >= 15 is 0 Å². The Kier molecular flexibility index (Phi) is 4.62. The fourth-order valence-corrected chi connectivity index (χ4v) is 3.54. The largest absolute Gasteiger partial charge is 0.480 e. The fraction of sp³-hybridized carbons (Fsp3) is 0.444. The summed E-state index contributed by atoms with van der Waals surface area (Å²) in [7, 11) is 0. The number of halogens is 3. The van der Waals surface area contributed by atoms with Gasteiger partial charge in [0.1, 0.15) is 11.8 Å². The third-order valence-electron chi connectivity index (χ3n) is 4.65. The SMILES string of the molecule is Nc1ccc(OC2(C3=CC=C(Cl)C(F)C3)CCCCC2)c(F)c1. The molecule has 1 saturated carbocycles. The van der Waals surface area contributed by atoms with E-state index in [1.165, 1.54) is 6.07 Å². The Hall–Kier alpha value is -1.55. The van der Waals surface area contributed by atoms with E-state index in [9.17, 15) is 8.78 Å². The molecule has 0 saturated heterocycles. The summed E-state index contributed by atoms with van der Waals surface area (Å²) in [5, 5.41) is 0.207. The van der Waals surface area contributed by atoms with E-state index < -0.39 is 17.6 Å². The number of nitrogens with two attached hydrogens (primary N) is 1. The molecule has 1 atom stereocenters. The second-order valence-electron chi connectivity index (χ2n) is 6.26. The summed E-state index contributed by atoms with van der Waals surface area (Å²) in [5.74, 6) is -0.324. The van der Waals surface area contributed by atoms with Gasteiger partial charge < -0.3 is 10.5 Å². The van der Waals surface area contributed by atoms with E-state index in [1.54, 1.807) is 18.2 Å². The highest BCUT2D eigenvalue weighted by Gasteiger charge is 2.40. The zero-order chi connectivity index (χ0) is 16.4. The van der Waals surface area contributed by atoms with Crippen molar-refractivity contribution >= 4 is 17.3 Å². The molecule has 2 N–H and O–H groups in total. The second kappa shape index (κ2) is 6.52. The smallest absolute Gasteiger partial charge is 0.167 e. The van der Waals surface area contributed by atoms with Crippen molar-refractivity contribution in [1.29, 1.82) is 0 Å². The van der Waals surface area contributed by atoms with Crippen molar-refractivity contribution in [1.82, 2.24) is 0 Å². The van der Waals surface area contributed by atoms with E-state index in [1.807, 2.05) is 6.08 Å². The van der Waals surface area contributed by atoms with Gasteiger partial charge in [0, 0.05) is 18.2 Å². The van der Waals surface area contributed by atoms with E-state index in [2.05, 4.69) is 0 Å². The molecule has 0 aromatic heterocycles. The molecule has 0 bridgehead atoms. The van der Waals surface area contributed by atoms with Gasteiger partial charge in [-0.2, -0.15) is 0 Å². The first-order chi connectivity index (χ1) is 11.0. The first-order valence-corrected chi connectivity index (χ1v) is 8.33. The summed E-state index contributed by atoms with van der Waals surface area (Å²) in [4.78, 5) is 0. The number of nitrogen functional groups attached to an aromatic ring is 1. The molecule has 0 heterocycles. The maximum atomic E-state index is 14.1. The summed E-state index contributed by atoms with van der Waals surface area (Å²) in [6, 6.07) is 4.40. The molecule has 2 aliphatic carbocycles. The van der Waals surface area contributed by atoms with Gasteiger partial charge in [0.2, 0.25) is 0 Å². The molecule has 3 rings (SSSR count). The number of alkyl halides is 1. The van der Waals surface area contributed by atoms with Crippen molar-refractivity contribution in [2.24, 2.45) is 0 Å². The van der Waals surface area contributed by atoms with Crippen LogP contribution in [0.3, 0.4) is 0 Å². The normalized spacial score (nSPS) is 23.9. The minimum absolute atomic E-state index is 0.165. The number of rotatable bonds is 3. The number of anilines is 1. The maximum Gasteiger partial charge on any atom is 0.167 e. The third-order valence-corrected chi connectivity index (χ3v) is 5.01. The Labute approximate surface area is 140 Å². The number of ether oxygens (including phenoxy) is 1. The quantitative estimate of drug-likeness (QED) is 0.760. The predicted molar refractivity (Wildman–Crippen MR) is 88.8 cm³/mol. The third kappa shape index (κ3) is 3.37. The van der Waals surface area contributed by atoms with Crippen LogP contribution in [0.2, 0.25) is 0 Å².